The molecule has 146 valence electrons. The normalized spacial score (nSPS) is 10.8. The molecule has 0 spiro atoms. The van der Waals surface area contributed by atoms with E-state index >= 15 is 0 Å². The highest BCUT2D eigenvalue weighted by Crippen LogP contribution is 2.25. The van der Waals surface area contributed by atoms with E-state index < -0.39 is 0 Å². The molecule has 0 fully saturated rings. The summed E-state index contributed by atoms with van der Waals surface area (Å²) in [7, 11) is 0. The van der Waals surface area contributed by atoms with Crippen LogP contribution in [0.2, 0.25) is 5.02 Å². The van der Waals surface area contributed by atoms with E-state index in [9.17, 15) is 4.79 Å². The lowest BCUT2D eigenvalue weighted by Gasteiger charge is -2.11. The summed E-state index contributed by atoms with van der Waals surface area (Å²) in [6.07, 6.45) is 0. The van der Waals surface area contributed by atoms with Crippen molar-refractivity contribution >= 4 is 34.4 Å². The lowest BCUT2D eigenvalue weighted by Crippen LogP contribution is -2.31. The lowest BCUT2D eigenvalue weighted by atomic mass is 10.1. The van der Waals surface area contributed by atoms with E-state index in [1.54, 1.807) is 24.3 Å². The molecule has 1 aromatic heterocycles. The van der Waals surface area contributed by atoms with Crippen molar-refractivity contribution in [1.82, 2.24) is 14.9 Å². The van der Waals surface area contributed by atoms with E-state index in [1.807, 2.05) is 24.3 Å². The molecule has 1 heterocycles. The molecular weight excluding hydrogens is 384 g/mol. The van der Waals surface area contributed by atoms with Crippen molar-refractivity contribution in [3.63, 3.8) is 0 Å². The fourth-order valence-electron chi connectivity index (χ4n) is 3.21. The molecule has 0 saturated carbocycles. The first-order chi connectivity index (χ1) is 14.1. The summed E-state index contributed by atoms with van der Waals surface area (Å²) in [4.78, 5) is 17.0. The summed E-state index contributed by atoms with van der Waals surface area (Å²) >= 11 is 5.87. The maximum atomic E-state index is 12.2. The van der Waals surface area contributed by atoms with Crippen LogP contribution in [0.5, 0.6) is 0 Å². The largest absolute Gasteiger partial charge is 0.336 e. The Hall–Kier alpha value is -3.31. The second-order valence-corrected chi connectivity index (χ2v) is 7.27. The van der Waals surface area contributed by atoms with E-state index in [0.29, 0.717) is 23.8 Å². The first kappa shape index (κ1) is 19.0. The number of amides is 2. The molecule has 0 aliphatic rings. The smallest absolute Gasteiger partial charge is 0.319 e. The zero-order valence-corrected chi connectivity index (χ0v) is 16.8. The van der Waals surface area contributed by atoms with Gasteiger partial charge in [0.25, 0.3) is 0 Å². The third-order valence-corrected chi connectivity index (χ3v) is 4.94. The standard InChI is InChI=1S/C23H21ClN4O/c1-16-6-8-17(9-7-16)22-27-20-4-2-3-5-21(20)28(22)15-14-25-23(29)26-19-12-10-18(24)11-13-19/h2-13H,14-15H2,1H3,(H2,25,26,29). The van der Waals surface area contributed by atoms with Gasteiger partial charge in [-0.15, -0.1) is 0 Å². The van der Waals surface area contributed by atoms with Gasteiger partial charge in [0.1, 0.15) is 5.82 Å². The van der Waals surface area contributed by atoms with Gasteiger partial charge in [0.05, 0.1) is 11.0 Å². The van der Waals surface area contributed by atoms with Crippen LogP contribution in [0.25, 0.3) is 22.4 Å². The first-order valence-corrected chi connectivity index (χ1v) is 9.81. The van der Waals surface area contributed by atoms with E-state index in [2.05, 4.69) is 46.4 Å². The molecule has 0 atom stereocenters. The van der Waals surface area contributed by atoms with Gasteiger partial charge in [-0.3, -0.25) is 0 Å². The van der Waals surface area contributed by atoms with Gasteiger partial charge in [-0.25, -0.2) is 9.78 Å². The van der Waals surface area contributed by atoms with Crippen LogP contribution in [0.1, 0.15) is 5.56 Å². The predicted molar refractivity (Wildman–Crippen MR) is 118 cm³/mol. The Balaban J connectivity index is 1.49. The molecule has 0 saturated heterocycles. The van der Waals surface area contributed by atoms with Gasteiger partial charge >= 0.3 is 6.03 Å². The van der Waals surface area contributed by atoms with Crippen LogP contribution in [-0.4, -0.2) is 22.1 Å². The van der Waals surface area contributed by atoms with Crippen LogP contribution < -0.4 is 10.6 Å². The third kappa shape index (κ3) is 4.41. The number of nitrogens with one attached hydrogen (secondary N) is 2. The Kier molecular flexibility index (Phi) is 5.49. The number of benzene rings is 3. The van der Waals surface area contributed by atoms with Crippen molar-refractivity contribution < 1.29 is 4.79 Å². The predicted octanol–water partition coefficient (Wildman–Crippen LogP) is 5.49. The van der Waals surface area contributed by atoms with E-state index in [4.69, 9.17) is 16.6 Å². The summed E-state index contributed by atoms with van der Waals surface area (Å²) in [5.74, 6) is 0.895. The van der Waals surface area contributed by atoms with Gasteiger partial charge in [-0.2, -0.15) is 0 Å². The lowest BCUT2D eigenvalue weighted by molar-refractivity contribution is 0.251. The minimum absolute atomic E-state index is 0.256. The molecular formula is C23H21ClN4O. The summed E-state index contributed by atoms with van der Waals surface area (Å²) in [6.45, 7) is 3.15. The van der Waals surface area contributed by atoms with Gasteiger partial charge < -0.3 is 15.2 Å². The SMILES string of the molecule is Cc1ccc(-c2nc3ccccc3n2CCNC(=O)Nc2ccc(Cl)cc2)cc1. The summed E-state index contributed by atoms with van der Waals surface area (Å²) in [6, 6.07) is 23.1. The highest BCUT2D eigenvalue weighted by molar-refractivity contribution is 6.30. The number of rotatable bonds is 5. The molecule has 2 N–H and O–H groups in total. The number of anilines is 1. The fourth-order valence-corrected chi connectivity index (χ4v) is 3.34. The maximum absolute atomic E-state index is 12.2. The Morgan fingerprint density at radius 2 is 1.72 bits per heavy atom. The Morgan fingerprint density at radius 3 is 2.48 bits per heavy atom. The van der Waals surface area contributed by atoms with Crippen molar-refractivity contribution in [2.45, 2.75) is 13.5 Å². The molecule has 4 aromatic rings. The van der Waals surface area contributed by atoms with Crippen molar-refractivity contribution in [3.05, 3.63) is 83.4 Å². The average molecular weight is 405 g/mol. The molecule has 6 heteroatoms. The first-order valence-electron chi connectivity index (χ1n) is 9.43. The molecule has 0 radical (unpaired) electrons. The average Bonchev–Trinajstić information content (AvgIpc) is 3.09. The number of hydrogen-bond donors (Lipinski definition) is 2. The van der Waals surface area contributed by atoms with Gasteiger partial charge in [0.15, 0.2) is 0 Å². The van der Waals surface area contributed by atoms with E-state index in [0.717, 1.165) is 22.4 Å². The van der Waals surface area contributed by atoms with Crippen LogP contribution in [0.4, 0.5) is 10.5 Å². The van der Waals surface area contributed by atoms with E-state index in [-0.39, 0.29) is 6.03 Å². The van der Waals surface area contributed by atoms with Crippen molar-refractivity contribution in [2.24, 2.45) is 0 Å². The van der Waals surface area contributed by atoms with Crippen molar-refractivity contribution in [2.75, 3.05) is 11.9 Å². The number of nitrogens with zero attached hydrogens (tertiary/aromatic N) is 2. The molecule has 3 aromatic carbocycles. The highest BCUT2D eigenvalue weighted by atomic mass is 35.5. The molecule has 2 amide bonds. The van der Waals surface area contributed by atoms with Crippen molar-refractivity contribution in [3.8, 4) is 11.4 Å². The second-order valence-electron chi connectivity index (χ2n) is 6.83. The molecule has 4 rings (SSSR count). The van der Waals surface area contributed by atoms with Gasteiger partial charge in [0, 0.05) is 29.4 Å². The maximum Gasteiger partial charge on any atom is 0.319 e. The number of fused-ring (bicyclic) bond motifs is 1. The topological polar surface area (TPSA) is 59.0 Å². The minimum atomic E-state index is -0.256. The molecule has 0 aliphatic heterocycles. The number of halogens is 1. The number of aryl methyl sites for hydroxylation is 1. The Bertz CT molecular complexity index is 1130. The molecule has 5 nitrogen and oxygen atoms in total. The number of imidazole rings is 1. The summed E-state index contributed by atoms with van der Waals surface area (Å²) in [5, 5.41) is 6.34. The number of para-hydroxylation sites is 2. The zero-order valence-electron chi connectivity index (χ0n) is 16.0. The third-order valence-electron chi connectivity index (χ3n) is 4.69. The van der Waals surface area contributed by atoms with Crippen molar-refractivity contribution in [1.29, 1.82) is 0 Å². The number of carbonyl (C=O) groups excluding carboxylic acids is 1. The number of urea groups is 1. The van der Waals surface area contributed by atoms with Gasteiger partial charge in [-0.1, -0.05) is 53.6 Å². The Labute approximate surface area is 174 Å². The molecule has 29 heavy (non-hydrogen) atoms. The van der Waals surface area contributed by atoms with Crippen LogP contribution in [0, 0.1) is 6.92 Å². The summed E-state index contributed by atoms with van der Waals surface area (Å²) in [5.41, 5.74) is 4.94. The van der Waals surface area contributed by atoms with Crippen LogP contribution in [-0.2, 0) is 6.54 Å². The molecule has 0 bridgehead atoms. The van der Waals surface area contributed by atoms with E-state index in [1.165, 1.54) is 5.56 Å². The van der Waals surface area contributed by atoms with Crippen LogP contribution >= 0.6 is 11.6 Å². The fraction of sp³-hybridized carbons (Fsp3) is 0.130. The van der Waals surface area contributed by atoms with Crippen LogP contribution in [0.3, 0.4) is 0 Å². The quantitative estimate of drug-likeness (QED) is 0.462. The van der Waals surface area contributed by atoms with Gasteiger partial charge in [0.2, 0.25) is 0 Å². The zero-order chi connectivity index (χ0) is 20.2. The van der Waals surface area contributed by atoms with Crippen LogP contribution in [0.15, 0.2) is 72.8 Å². The monoisotopic (exact) mass is 404 g/mol. The molecule has 0 unspecified atom stereocenters. The minimum Gasteiger partial charge on any atom is -0.336 e. The summed E-state index contributed by atoms with van der Waals surface area (Å²) < 4.78 is 2.14. The molecule has 0 aliphatic carbocycles. The Morgan fingerprint density at radius 1 is 1.00 bits per heavy atom. The number of carbonyl (C=O) groups is 1. The number of aromatic nitrogens is 2. The second kappa shape index (κ2) is 8.37. The van der Waals surface area contributed by atoms with Gasteiger partial charge in [-0.05, 0) is 43.3 Å². The number of hydrogen-bond acceptors (Lipinski definition) is 2. The highest BCUT2D eigenvalue weighted by Gasteiger charge is 2.12.